The molecule has 0 aliphatic heterocycles. The van der Waals surface area contributed by atoms with Crippen LogP contribution in [0.1, 0.15) is 5.69 Å². The van der Waals surface area contributed by atoms with Gasteiger partial charge in [0.25, 0.3) is 0 Å². The molecule has 4 rings (SSSR count). The van der Waals surface area contributed by atoms with E-state index < -0.39 is 0 Å². The Kier molecular flexibility index (Phi) is 5.47. The summed E-state index contributed by atoms with van der Waals surface area (Å²) in [5, 5.41) is 8.47. The number of rotatable bonds is 5. The predicted molar refractivity (Wildman–Crippen MR) is 112 cm³/mol. The van der Waals surface area contributed by atoms with Crippen molar-refractivity contribution >= 4 is 45.3 Å². The summed E-state index contributed by atoms with van der Waals surface area (Å²) in [6.07, 6.45) is 0.146. The van der Waals surface area contributed by atoms with Crippen LogP contribution in [0.5, 0.6) is 0 Å². The van der Waals surface area contributed by atoms with Crippen LogP contribution in [0.15, 0.2) is 59.3 Å². The summed E-state index contributed by atoms with van der Waals surface area (Å²) in [5.74, 6) is -0.478. The molecule has 0 saturated carbocycles. The molecule has 0 fully saturated rings. The highest BCUT2D eigenvalue weighted by Crippen LogP contribution is 2.27. The smallest absolute Gasteiger partial charge is 0.232 e. The van der Waals surface area contributed by atoms with Gasteiger partial charge in [-0.25, -0.2) is 14.4 Å². The van der Waals surface area contributed by atoms with Crippen molar-refractivity contribution in [3.63, 3.8) is 0 Å². The van der Waals surface area contributed by atoms with Crippen molar-refractivity contribution in [2.75, 3.05) is 5.32 Å². The zero-order valence-electron chi connectivity index (χ0n) is 14.4. The summed E-state index contributed by atoms with van der Waals surface area (Å²) < 4.78 is 13.0. The van der Waals surface area contributed by atoms with Crippen LogP contribution in [0.2, 0.25) is 5.02 Å². The maximum absolute atomic E-state index is 13.0. The van der Waals surface area contributed by atoms with Gasteiger partial charge in [0.1, 0.15) is 10.8 Å². The summed E-state index contributed by atoms with van der Waals surface area (Å²) >= 11 is 8.68. The fraction of sp³-hybridized carbons (Fsp3) is 0.0500. The number of aromatic nitrogens is 2. The SMILES string of the molecule is O=C(Cc1csc(-c2ccc(F)cc2)n1)Nc1nc(-c2ccc(Cl)cc2)cs1. The van der Waals surface area contributed by atoms with Gasteiger partial charge >= 0.3 is 0 Å². The minimum absolute atomic E-state index is 0.146. The number of thiazole rings is 2. The van der Waals surface area contributed by atoms with Gasteiger partial charge in [-0.2, -0.15) is 0 Å². The number of hydrogen-bond acceptors (Lipinski definition) is 5. The zero-order chi connectivity index (χ0) is 19.5. The Bertz CT molecular complexity index is 1020. The molecule has 1 N–H and O–H groups in total. The van der Waals surface area contributed by atoms with Crippen LogP contribution in [0.4, 0.5) is 9.52 Å². The number of carbonyl (C=O) groups is 1. The van der Waals surface area contributed by atoms with Crippen molar-refractivity contribution in [1.82, 2.24) is 9.97 Å². The first-order valence-electron chi connectivity index (χ1n) is 8.28. The van der Waals surface area contributed by atoms with Crippen LogP contribution in [-0.4, -0.2) is 15.9 Å². The van der Waals surface area contributed by atoms with Gasteiger partial charge in [0, 0.05) is 26.9 Å². The average Bonchev–Trinajstić information content (AvgIpc) is 3.33. The van der Waals surface area contributed by atoms with E-state index in [4.69, 9.17) is 11.6 Å². The highest BCUT2D eigenvalue weighted by atomic mass is 35.5. The number of hydrogen-bond donors (Lipinski definition) is 1. The predicted octanol–water partition coefficient (Wildman–Crippen LogP) is 5.91. The molecule has 2 aromatic carbocycles. The van der Waals surface area contributed by atoms with E-state index in [1.165, 1.54) is 34.8 Å². The summed E-state index contributed by atoms with van der Waals surface area (Å²) in [6.45, 7) is 0. The molecule has 140 valence electrons. The lowest BCUT2D eigenvalue weighted by molar-refractivity contribution is -0.115. The molecule has 0 atom stereocenters. The minimum atomic E-state index is -0.290. The molecule has 4 nitrogen and oxygen atoms in total. The largest absolute Gasteiger partial charge is 0.302 e. The van der Waals surface area contributed by atoms with Gasteiger partial charge < -0.3 is 5.32 Å². The summed E-state index contributed by atoms with van der Waals surface area (Å²) in [4.78, 5) is 21.2. The second-order valence-electron chi connectivity index (χ2n) is 5.92. The van der Waals surface area contributed by atoms with Gasteiger partial charge in [0.2, 0.25) is 5.91 Å². The monoisotopic (exact) mass is 429 g/mol. The topological polar surface area (TPSA) is 54.9 Å². The molecule has 0 aliphatic carbocycles. The number of halogens is 2. The van der Waals surface area contributed by atoms with Crippen LogP contribution in [0.3, 0.4) is 0 Å². The number of carbonyl (C=O) groups excluding carboxylic acids is 1. The van der Waals surface area contributed by atoms with Gasteiger partial charge in [0.15, 0.2) is 5.13 Å². The zero-order valence-corrected chi connectivity index (χ0v) is 16.7. The number of amides is 1. The third-order valence-electron chi connectivity index (χ3n) is 3.88. The van der Waals surface area contributed by atoms with Crippen LogP contribution >= 0.6 is 34.3 Å². The van der Waals surface area contributed by atoms with Crippen molar-refractivity contribution in [2.24, 2.45) is 0 Å². The average molecular weight is 430 g/mol. The van der Waals surface area contributed by atoms with Crippen molar-refractivity contribution < 1.29 is 9.18 Å². The van der Waals surface area contributed by atoms with Crippen molar-refractivity contribution in [3.8, 4) is 21.8 Å². The maximum atomic E-state index is 13.0. The molecular weight excluding hydrogens is 417 g/mol. The Hall–Kier alpha value is -2.61. The Morgan fingerprint density at radius 3 is 2.43 bits per heavy atom. The molecule has 28 heavy (non-hydrogen) atoms. The van der Waals surface area contributed by atoms with Crippen LogP contribution in [0, 0.1) is 5.82 Å². The maximum Gasteiger partial charge on any atom is 0.232 e. The first kappa shape index (κ1) is 18.7. The summed E-state index contributed by atoms with van der Waals surface area (Å²) in [6, 6.07) is 13.5. The molecule has 2 aromatic heterocycles. The molecule has 0 bridgehead atoms. The lowest BCUT2D eigenvalue weighted by atomic mass is 10.2. The second-order valence-corrected chi connectivity index (χ2v) is 8.07. The normalized spacial score (nSPS) is 10.8. The van der Waals surface area contributed by atoms with Gasteiger partial charge in [-0.1, -0.05) is 23.7 Å². The summed E-state index contributed by atoms with van der Waals surface area (Å²) in [7, 11) is 0. The van der Waals surface area contributed by atoms with E-state index in [0.717, 1.165) is 21.8 Å². The fourth-order valence-electron chi connectivity index (χ4n) is 2.53. The fourth-order valence-corrected chi connectivity index (χ4v) is 4.21. The molecule has 0 spiro atoms. The first-order chi connectivity index (χ1) is 13.6. The molecule has 0 saturated heterocycles. The highest BCUT2D eigenvalue weighted by molar-refractivity contribution is 7.14. The van der Waals surface area contributed by atoms with E-state index in [2.05, 4.69) is 15.3 Å². The first-order valence-corrected chi connectivity index (χ1v) is 10.4. The quantitative estimate of drug-likeness (QED) is 0.429. The lowest BCUT2D eigenvalue weighted by Crippen LogP contribution is -2.14. The Labute approximate surface area is 173 Å². The van der Waals surface area contributed by atoms with Crippen LogP contribution in [-0.2, 0) is 11.2 Å². The van der Waals surface area contributed by atoms with Crippen molar-refractivity contribution in [1.29, 1.82) is 0 Å². The molecule has 0 unspecified atom stereocenters. The minimum Gasteiger partial charge on any atom is -0.302 e. The number of nitrogens with zero attached hydrogens (tertiary/aromatic N) is 2. The number of anilines is 1. The third kappa shape index (κ3) is 4.44. The number of nitrogens with one attached hydrogen (secondary N) is 1. The Morgan fingerprint density at radius 2 is 1.68 bits per heavy atom. The van der Waals surface area contributed by atoms with E-state index in [1.54, 1.807) is 24.3 Å². The van der Waals surface area contributed by atoms with E-state index in [9.17, 15) is 9.18 Å². The molecular formula is C20H13ClFN3OS2. The van der Waals surface area contributed by atoms with Gasteiger partial charge in [-0.15, -0.1) is 22.7 Å². The lowest BCUT2D eigenvalue weighted by Gasteiger charge is -2.00. The standard InChI is InChI=1S/C20H13ClFN3OS2/c21-14-5-1-12(2-6-14)17-11-28-20(24-17)25-18(26)9-16-10-27-19(23-16)13-3-7-15(22)8-4-13/h1-8,10-11H,9H2,(H,24,25,26). The van der Waals surface area contributed by atoms with E-state index in [1.807, 2.05) is 22.9 Å². The summed E-state index contributed by atoms with van der Waals surface area (Å²) in [5.41, 5.74) is 3.20. The Morgan fingerprint density at radius 1 is 0.964 bits per heavy atom. The van der Waals surface area contributed by atoms with E-state index in [-0.39, 0.29) is 18.1 Å². The van der Waals surface area contributed by atoms with E-state index in [0.29, 0.717) is 15.8 Å². The van der Waals surface area contributed by atoms with Crippen molar-refractivity contribution in [3.05, 3.63) is 75.8 Å². The molecule has 0 aliphatic rings. The Balaban J connectivity index is 1.40. The van der Waals surface area contributed by atoms with E-state index >= 15 is 0 Å². The highest BCUT2D eigenvalue weighted by Gasteiger charge is 2.12. The second kappa shape index (κ2) is 8.18. The molecule has 8 heteroatoms. The third-order valence-corrected chi connectivity index (χ3v) is 5.82. The van der Waals surface area contributed by atoms with Crippen molar-refractivity contribution in [2.45, 2.75) is 6.42 Å². The van der Waals surface area contributed by atoms with Crippen LogP contribution in [0.25, 0.3) is 21.8 Å². The molecule has 1 amide bonds. The molecule has 2 heterocycles. The number of benzene rings is 2. The van der Waals surface area contributed by atoms with Crippen LogP contribution < -0.4 is 5.32 Å². The van der Waals surface area contributed by atoms with Gasteiger partial charge in [-0.3, -0.25) is 4.79 Å². The van der Waals surface area contributed by atoms with Gasteiger partial charge in [0.05, 0.1) is 17.8 Å². The molecule has 4 aromatic rings. The molecule has 0 radical (unpaired) electrons. The van der Waals surface area contributed by atoms with Gasteiger partial charge in [-0.05, 0) is 36.4 Å².